The van der Waals surface area contributed by atoms with Crippen LogP contribution in [0.5, 0.6) is 11.5 Å². The van der Waals surface area contributed by atoms with E-state index in [0.717, 1.165) is 43.1 Å². The summed E-state index contributed by atoms with van der Waals surface area (Å²) in [6.07, 6.45) is 3.22. The number of nitrogens with zero attached hydrogens (tertiary/aromatic N) is 2. The molecule has 200 valence electrons. The zero-order valence-corrected chi connectivity index (χ0v) is 23.3. The fourth-order valence-corrected chi connectivity index (χ4v) is 8.72. The lowest BCUT2D eigenvalue weighted by Gasteiger charge is -2.40. The molecule has 3 aromatic rings. The van der Waals surface area contributed by atoms with Crippen molar-refractivity contribution in [3.63, 3.8) is 0 Å². The third-order valence-electron chi connectivity index (χ3n) is 8.37. The van der Waals surface area contributed by atoms with Gasteiger partial charge in [-0.1, -0.05) is 42.5 Å². The van der Waals surface area contributed by atoms with Crippen molar-refractivity contribution in [3.05, 3.63) is 83.9 Å². The van der Waals surface area contributed by atoms with Crippen LogP contribution in [-0.2, 0) is 15.4 Å². The van der Waals surface area contributed by atoms with Crippen LogP contribution in [0.1, 0.15) is 36.3 Å². The number of ether oxygens (including phenoxy) is 2. The van der Waals surface area contributed by atoms with Gasteiger partial charge in [-0.3, -0.25) is 0 Å². The van der Waals surface area contributed by atoms with Gasteiger partial charge < -0.3 is 14.4 Å². The Kier molecular flexibility index (Phi) is 7.16. The minimum Gasteiger partial charge on any atom is -0.454 e. The maximum Gasteiger partial charge on any atom is 0.242 e. The third-order valence-corrected chi connectivity index (χ3v) is 11.6. The summed E-state index contributed by atoms with van der Waals surface area (Å²) in [7, 11) is -1.90. The van der Waals surface area contributed by atoms with Gasteiger partial charge in [-0.05, 0) is 86.3 Å². The summed E-state index contributed by atoms with van der Waals surface area (Å²) in [5, 5.41) is 0. The van der Waals surface area contributed by atoms with E-state index in [1.165, 1.54) is 33.4 Å². The van der Waals surface area contributed by atoms with Crippen LogP contribution in [0, 0.1) is 0 Å². The predicted octanol–water partition coefficient (Wildman–Crippen LogP) is 5.35. The Morgan fingerprint density at radius 2 is 1.71 bits per heavy atom. The quantitative estimate of drug-likeness (QED) is 0.377. The molecule has 0 N–H and O–H groups in total. The normalized spacial score (nSPS) is 19.1. The van der Waals surface area contributed by atoms with Crippen LogP contribution >= 0.6 is 11.8 Å². The van der Waals surface area contributed by atoms with Crippen molar-refractivity contribution >= 4 is 21.8 Å². The molecule has 38 heavy (non-hydrogen) atoms. The second-order valence-electron chi connectivity index (χ2n) is 10.6. The molecule has 0 bridgehead atoms. The second kappa shape index (κ2) is 10.6. The van der Waals surface area contributed by atoms with Gasteiger partial charge in [0.25, 0.3) is 0 Å². The van der Waals surface area contributed by atoms with E-state index in [-0.39, 0.29) is 12.7 Å². The molecule has 0 unspecified atom stereocenters. The molecule has 0 amide bonds. The number of hydrogen-bond donors (Lipinski definition) is 0. The van der Waals surface area contributed by atoms with Crippen molar-refractivity contribution in [3.8, 4) is 11.5 Å². The Morgan fingerprint density at radius 1 is 0.974 bits per heavy atom. The van der Waals surface area contributed by atoms with E-state index in [4.69, 9.17) is 9.47 Å². The Balaban J connectivity index is 1.16. The number of likely N-dealkylation sites (tertiary alicyclic amines) is 1. The van der Waals surface area contributed by atoms with E-state index in [9.17, 15) is 8.42 Å². The van der Waals surface area contributed by atoms with E-state index in [0.29, 0.717) is 16.9 Å². The highest BCUT2D eigenvalue weighted by Gasteiger charge is 2.41. The van der Waals surface area contributed by atoms with Crippen molar-refractivity contribution in [1.82, 2.24) is 9.21 Å². The Hall–Kier alpha value is -2.52. The summed E-state index contributed by atoms with van der Waals surface area (Å²) < 4.78 is 39.3. The average Bonchev–Trinajstić information content (AvgIpc) is 3.57. The number of piperidine rings is 1. The molecule has 3 aliphatic heterocycles. The van der Waals surface area contributed by atoms with E-state index in [1.807, 2.05) is 30.0 Å². The topological polar surface area (TPSA) is 59.1 Å². The Bertz CT molecular complexity index is 1390. The minimum atomic E-state index is -3.58. The standard InChI is InChI=1S/C30H34N2O4S2/c1-31(38(33,34)25-7-3-2-4-8-25)20-24(23-11-12-27-28(19-23)36-22-35-27)13-16-32-17-14-30(15-18-32)21-37-29-10-6-5-9-26(29)30/h2-12,19,24H,13-18,20-22H2,1H3/t24-/m1/s1. The summed E-state index contributed by atoms with van der Waals surface area (Å²) in [4.78, 5) is 4.33. The third kappa shape index (κ3) is 4.95. The first-order valence-corrected chi connectivity index (χ1v) is 15.7. The van der Waals surface area contributed by atoms with Gasteiger partial charge in [0.05, 0.1) is 4.90 Å². The number of benzene rings is 3. The van der Waals surface area contributed by atoms with E-state index < -0.39 is 10.0 Å². The number of hydrogen-bond acceptors (Lipinski definition) is 6. The Morgan fingerprint density at radius 3 is 2.53 bits per heavy atom. The summed E-state index contributed by atoms with van der Waals surface area (Å²) >= 11 is 2.00. The fraction of sp³-hybridized carbons (Fsp3) is 0.400. The summed E-state index contributed by atoms with van der Waals surface area (Å²) in [6, 6.07) is 23.6. The van der Waals surface area contributed by atoms with Crippen LogP contribution in [0.3, 0.4) is 0 Å². The van der Waals surface area contributed by atoms with Crippen LogP contribution in [0.2, 0.25) is 0 Å². The average molecular weight is 551 g/mol. The maximum atomic E-state index is 13.3. The molecular formula is C30H34N2O4S2. The molecule has 1 spiro atoms. The highest BCUT2D eigenvalue weighted by molar-refractivity contribution is 7.99. The molecule has 3 aliphatic rings. The molecule has 0 aromatic heterocycles. The molecule has 8 heteroatoms. The molecule has 6 rings (SSSR count). The molecule has 6 nitrogen and oxygen atoms in total. The largest absolute Gasteiger partial charge is 0.454 e. The SMILES string of the molecule is CN(C[C@@H](CCN1CCC2(CC1)CSc1ccccc12)c1ccc2c(c1)OCO2)S(=O)(=O)c1ccccc1. The molecule has 1 fully saturated rings. The highest BCUT2D eigenvalue weighted by atomic mass is 32.2. The molecule has 0 aliphatic carbocycles. The Labute approximate surface area is 230 Å². The van der Waals surface area contributed by atoms with Crippen LogP contribution in [-0.4, -0.2) is 63.4 Å². The maximum absolute atomic E-state index is 13.3. The number of fused-ring (bicyclic) bond motifs is 3. The first-order valence-electron chi connectivity index (χ1n) is 13.3. The van der Waals surface area contributed by atoms with Crippen LogP contribution in [0.25, 0.3) is 0 Å². The van der Waals surface area contributed by atoms with E-state index in [2.05, 4.69) is 35.2 Å². The van der Waals surface area contributed by atoms with E-state index in [1.54, 1.807) is 31.3 Å². The van der Waals surface area contributed by atoms with Crippen molar-refractivity contribution in [1.29, 1.82) is 0 Å². The minimum absolute atomic E-state index is 0.0339. The summed E-state index contributed by atoms with van der Waals surface area (Å²) in [6.45, 7) is 3.70. The fourth-order valence-electron chi connectivity index (χ4n) is 5.99. The van der Waals surface area contributed by atoms with Gasteiger partial charge >= 0.3 is 0 Å². The lowest BCUT2D eigenvalue weighted by Crippen LogP contribution is -2.43. The molecule has 0 saturated carbocycles. The monoisotopic (exact) mass is 550 g/mol. The molecular weight excluding hydrogens is 516 g/mol. The van der Waals surface area contributed by atoms with Gasteiger partial charge in [0.1, 0.15) is 0 Å². The van der Waals surface area contributed by atoms with E-state index >= 15 is 0 Å². The number of rotatable bonds is 8. The molecule has 0 radical (unpaired) electrons. The zero-order valence-electron chi connectivity index (χ0n) is 21.7. The van der Waals surface area contributed by atoms with Gasteiger partial charge in [-0.2, -0.15) is 0 Å². The summed E-state index contributed by atoms with van der Waals surface area (Å²) in [5.41, 5.74) is 2.92. The van der Waals surface area contributed by atoms with Gasteiger partial charge in [-0.25, -0.2) is 12.7 Å². The van der Waals surface area contributed by atoms with Crippen molar-refractivity contribution in [2.45, 2.75) is 40.4 Å². The van der Waals surface area contributed by atoms with Crippen molar-refractivity contribution < 1.29 is 17.9 Å². The van der Waals surface area contributed by atoms with Gasteiger partial charge in [0, 0.05) is 29.7 Å². The molecule has 3 heterocycles. The highest BCUT2D eigenvalue weighted by Crippen LogP contribution is 2.49. The smallest absolute Gasteiger partial charge is 0.242 e. The van der Waals surface area contributed by atoms with Crippen LogP contribution in [0.15, 0.2) is 82.6 Å². The number of thioether (sulfide) groups is 1. The lowest BCUT2D eigenvalue weighted by molar-refractivity contribution is 0.165. The van der Waals surface area contributed by atoms with Crippen molar-refractivity contribution in [2.24, 2.45) is 0 Å². The lowest BCUT2D eigenvalue weighted by atomic mass is 9.74. The van der Waals surface area contributed by atoms with Gasteiger partial charge in [0.15, 0.2) is 11.5 Å². The van der Waals surface area contributed by atoms with Gasteiger partial charge in [-0.15, -0.1) is 11.8 Å². The van der Waals surface area contributed by atoms with Crippen molar-refractivity contribution in [2.75, 3.05) is 45.8 Å². The molecule has 1 atom stereocenters. The number of sulfonamides is 1. The van der Waals surface area contributed by atoms with Gasteiger partial charge in [0.2, 0.25) is 16.8 Å². The summed E-state index contributed by atoms with van der Waals surface area (Å²) in [5.74, 6) is 2.70. The zero-order chi connectivity index (χ0) is 26.2. The number of likely N-dealkylation sites (N-methyl/N-ethyl adjacent to an activating group) is 1. The first kappa shape index (κ1) is 25.7. The predicted molar refractivity (Wildman–Crippen MR) is 151 cm³/mol. The second-order valence-corrected chi connectivity index (χ2v) is 13.7. The van der Waals surface area contributed by atoms with Crippen LogP contribution < -0.4 is 9.47 Å². The van der Waals surface area contributed by atoms with Crippen LogP contribution in [0.4, 0.5) is 0 Å². The molecule has 3 aromatic carbocycles. The first-order chi connectivity index (χ1) is 18.4. The molecule has 1 saturated heterocycles.